The zero-order chi connectivity index (χ0) is 39.8. The Morgan fingerprint density at radius 2 is 0.418 bits per heavy atom. The summed E-state index contributed by atoms with van der Waals surface area (Å²) in [5.41, 5.74) is 6.45. The summed E-state index contributed by atoms with van der Waals surface area (Å²) in [6.45, 7) is 11.8. The number of hydrogen-bond donors (Lipinski definition) is 0. The van der Waals surface area contributed by atoms with Crippen LogP contribution in [0.15, 0.2) is 146 Å². The van der Waals surface area contributed by atoms with Gasteiger partial charge in [0.05, 0.1) is 0 Å². The number of phosphoric ester groups is 2. The van der Waals surface area contributed by atoms with Crippen LogP contribution >= 0.6 is 35.8 Å². The van der Waals surface area contributed by atoms with Gasteiger partial charge in [-0.15, -0.1) is 0 Å². The van der Waals surface area contributed by atoms with E-state index in [0.29, 0.717) is 34.5 Å². The fourth-order valence-corrected chi connectivity index (χ4v) is 6.98. The molecule has 6 aromatic rings. The van der Waals surface area contributed by atoms with Crippen molar-refractivity contribution in [1.82, 2.24) is 0 Å². The van der Waals surface area contributed by atoms with Gasteiger partial charge >= 0.3 is 49.0 Å². The Kier molecular flexibility index (Phi) is 16.7. The molecule has 0 fully saturated rings. The number of hydrogen-bond acceptors (Lipinski definition) is 8. The van der Waals surface area contributed by atoms with Gasteiger partial charge in [0, 0.05) is 0 Å². The zero-order valence-electron chi connectivity index (χ0n) is 31.1. The average molecular weight is 871 g/mol. The molecule has 55 heavy (non-hydrogen) atoms. The Morgan fingerprint density at radius 3 is 0.527 bits per heavy atom. The third kappa shape index (κ3) is 15.4. The molecule has 0 bridgehead atoms. The van der Waals surface area contributed by atoms with Gasteiger partial charge in [-0.25, -0.2) is 0 Å². The van der Waals surface area contributed by atoms with Crippen LogP contribution in [0.5, 0.6) is 34.5 Å². The monoisotopic (exact) mass is 869 g/mol. The van der Waals surface area contributed by atoms with Crippen LogP contribution in [0.2, 0.25) is 0 Å². The SMILES string of the molecule is Cc1ccc(OP(=O)(Oc2ccc(C)cc2)Oc2ccc(C)cc2)cc1.Cc1ccc(OP(=O)(Oc2ccc(C)cc2)Oc2ccc(C)cc2)cc1.[Cl][Cu][Cl]. The molecule has 13 heteroatoms. The van der Waals surface area contributed by atoms with Gasteiger partial charge < -0.3 is 27.1 Å². The number of phosphoric acid groups is 2. The van der Waals surface area contributed by atoms with E-state index >= 15 is 0 Å². The molecule has 0 aliphatic rings. The third-order valence-electron chi connectivity index (χ3n) is 7.43. The van der Waals surface area contributed by atoms with Gasteiger partial charge in [0.25, 0.3) is 0 Å². The molecule has 293 valence electrons. The molecule has 0 radical (unpaired) electrons. The molecule has 8 nitrogen and oxygen atoms in total. The van der Waals surface area contributed by atoms with Gasteiger partial charge in [-0.3, -0.25) is 0 Å². The summed E-state index contributed by atoms with van der Waals surface area (Å²) in [6, 6.07) is 43.3. The first-order valence-electron chi connectivity index (χ1n) is 16.8. The van der Waals surface area contributed by atoms with Crippen molar-refractivity contribution in [3.05, 3.63) is 179 Å². The predicted octanol–water partition coefficient (Wildman–Crippen LogP) is 13.9. The predicted molar refractivity (Wildman–Crippen MR) is 218 cm³/mol. The van der Waals surface area contributed by atoms with E-state index in [-0.39, 0.29) is 0 Å². The zero-order valence-corrected chi connectivity index (χ0v) is 35.3. The van der Waals surface area contributed by atoms with Crippen molar-refractivity contribution in [1.29, 1.82) is 0 Å². The Morgan fingerprint density at radius 1 is 0.309 bits per heavy atom. The number of benzene rings is 6. The van der Waals surface area contributed by atoms with Crippen molar-refractivity contribution in [3.8, 4) is 34.5 Å². The molecule has 0 saturated heterocycles. The first kappa shape index (κ1) is 43.4. The van der Waals surface area contributed by atoms with Crippen LogP contribution in [-0.2, 0) is 22.3 Å². The summed E-state index contributed by atoms with van der Waals surface area (Å²) in [5.74, 6) is 2.49. The molecule has 6 aromatic carbocycles. The van der Waals surface area contributed by atoms with Crippen LogP contribution in [0, 0.1) is 41.5 Å². The van der Waals surface area contributed by atoms with Gasteiger partial charge in [0.15, 0.2) is 0 Å². The summed E-state index contributed by atoms with van der Waals surface area (Å²) in [7, 11) is 1.48. The van der Waals surface area contributed by atoms with Crippen molar-refractivity contribution in [2.24, 2.45) is 0 Å². The number of halogens is 2. The summed E-state index contributed by atoms with van der Waals surface area (Å²) in [4.78, 5) is 0. The van der Waals surface area contributed by atoms with Crippen molar-refractivity contribution >= 4 is 35.8 Å². The van der Waals surface area contributed by atoms with Crippen LogP contribution in [0.25, 0.3) is 0 Å². The first-order valence-corrected chi connectivity index (χ1v) is 22.4. The molecule has 6 rings (SSSR count). The van der Waals surface area contributed by atoms with E-state index in [9.17, 15) is 9.13 Å². The summed E-state index contributed by atoms with van der Waals surface area (Å²) in [5, 5.41) is 0. The molecular weight excluding hydrogens is 829 g/mol. The second kappa shape index (κ2) is 21.1. The maximum absolute atomic E-state index is 13.3. The second-order valence-electron chi connectivity index (χ2n) is 12.4. The molecule has 0 aliphatic heterocycles. The molecule has 0 aliphatic carbocycles. The minimum atomic E-state index is -3.93. The van der Waals surface area contributed by atoms with Gasteiger partial charge in [0.1, 0.15) is 34.5 Å². The van der Waals surface area contributed by atoms with Gasteiger partial charge in [0.2, 0.25) is 0 Å². The fraction of sp³-hybridized carbons (Fsp3) is 0.143. The standard InChI is InChI=1S/2C21H21O4P.2ClH.Cu/c2*1-16-4-10-19(11-5-16)23-26(22,24-20-12-6-17(2)7-13-20)25-21-14-8-18(3)9-15-21;;;/h2*4-15H,1-3H3;2*1H;/q;;;;+2/p-2. The topological polar surface area (TPSA) is 89.5 Å². The minimum absolute atomic E-state index is 0.415. The Balaban J connectivity index is 0.000000228. The second-order valence-corrected chi connectivity index (χ2v) is 16.8. The summed E-state index contributed by atoms with van der Waals surface area (Å²) < 4.78 is 60.4. The van der Waals surface area contributed by atoms with Gasteiger partial charge in [-0.1, -0.05) is 106 Å². The first-order chi connectivity index (χ1) is 26.2. The molecule has 0 heterocycles. The van der Waals surface area contributed by atoms with Crippen LogP contribution in [0.1, 0.15) is 33.4 Å². The average Bonchev–Trinajstić information content (AvgIpc) is 3.15. The van der Waals surface area contributed by atoms with Crippen molar-refractivity contribution < 1.29 is 49.4 Å². The van der Waals surface area contributed by atoms with Crippen LogP contribution in [0.3, 0.4) is 0 Å². The van der Waals surface area contributed by atoms with E-state index in [1.165, 1.54) is 0 Å². The van der Waals surface area contributed by atoms with E-state index in [1.54, 1.807) is 72.8 Å². The summed E-state index contributed by atoms with van der Waals surface area (Å²) >= 11 is 0.757. The maximum atomic E-state index is 13.3. The molecule has 0 spiro atoms. The molecular formula is C42H42Cl2CuO8P2. The molecule has 0 unspecified atom stereocenters. The van der Waals surface area contributed by atoms with Gasteiger partial charge in [-0.2, -0.15) is 9.13 Å². The van der Waals surface area contributed by atoms with E-state index in [0.717, 1.165) is 46.5 Å². The van der Waals surface area contributed by atoms with Crippen molar-refractivity contribution in [3.63, 3.8) is 0 Å². The number of rotatable bonds is 12. The normalized spacial score (nSPS) is 10.8. The number of aryl methyl sites for hydroxylation is 6. The molecule has 0 N–H and O–H groups in total. The van der Waals surface area contributed by atoms with Crippen LogP contribution in [-0.4, -0.2) is 0 Å². The molecule has 0 amide bonds. The Hall–Kier alpha value is -4.32. The molecule has 0 saturated carbocycles. The van der Waals surface area contributed by atoms with Crippen molar-refractivity contribution in [2.75, 3.05) is 0 Å². The molecule has 0 aromatic heterocycles. The Labute approximate surface area is 338 Å². The van der Waals surface area contributed by atoms with E-state index in [4.69, 9.17) is 27.1 Å². The Bertz CT molecular complexity index is 1750. The van der Waals surface area contributed by atoms with Crippen molar-refractivity contribution in [2.45, 2.75) is 41.5 Å². The van der Waals surface area contributed by atoms with E-state index < -0.39 is 15.6 Å². The molecule has 0 atom stereocenters. The summed E-state index contributed by atoms with van der Waals surface area (Å²) in [6.07, 6.45) is 0. The van der Waals surface area contributed by atoms with Crippen LogP contribution in [0.4, 0.5) is 0 Å². The third-order valence-corrected chi connectivity index (χ3v) is 10.0. The van der Waals surface area contributed by atoms with E-state index in [2.05, 4.69) is 20.2 Å². The van der Waals surface area contributed by atoms with E-state index in [1.807, 2.05) is 114 Å². The quantitative estimate of drug-likeness (QED) is 0.0887. The van der Waals surface area contributed by atoms with Gasteiger partial charge in [-0.05, 0) is 114 Å². The van der Waals surface area contributed by atoms with Crippen LogP contribution < -0.4 is 27.1 Å². The fourth-order valence-electron chi connectivity index (χ4n) is 4.48.